The Balaban J connectivity index is 0.00000514. The van der Waals surface area contributed by atoms with E-state index in [9.17, 15) is 0 Å². The van der Waals surface area contributed by atoms with Crippen molar-refractivity contribution in [1.29, 1.82) is 0 Å². The summed E-state index contributed by atoms with van der Waals surface area (Å²) in [7, 11) is 0. The van der Waals surface area contributed by atoms with Crippen LogP contribution in [0.3, 0.4) is 0 Å². The van der Waals surface area contributed by atoms with E-state index in [0.29, 0.717) is 26.4 Å². The Kier molecular flexibility index (Phi) is 12.2. The van der Waals surface area contributed by atoms with Gasteiger partial charge < -0.3 is 28.9 Å². The van der Waals surface area contributed by atoms with Crippen molar-refractivity contribution in [3.8, 4) is 67.5 Å². The standard InChI is InChI=1S/C52H44N4O4.Ni/c1-5-57-37-17-9-33(10-18-37)49-41-25-27-43(53-41)50(34-11-19-38(20-12-34)58-6-2)45-29-31-47(55-45)52(36-15-23-40(24-16-36)60-8-4)48-32-30-46(56-48)51(44-28-26-42(49)54-44)35-13-21-39(22-14-35)59-7-3;/h9-32H,5-8H2,1-4H3;/q-2;+2. The summed E-state index contributed by atoms with van der Waals surface area (Å²) in [6.07, 6.45) is 8.30. The number of fused-ring (bicyclic) bond motifs is 8. The van der Waals surface area contributed by atoms with Crippen LogP contribution in [0.25, 0.3) is 90.9 Å². The molecular weight excluding hydrogens is 803 g/mol. The van der Waals surface area contributed by atoms with E-state index < -0.39 is 0 Å². The van der Waals surface area contributed by atoms with Crippen LogP contribution in [0.15, 0.2) is 121 Å². The zero-order valence-corrected chi connectivity index (χ0v) is 35.4. The molecule has 0 radical (unpaired) electrons. The van der Waals surface area contributed by atoms with Crippen LogP contribution in [0.2, 0.25) is 0 Å². The summed E-state index contributed by atoms with van der Waals surface area (Å²) < 4.78 is 23.3. The molecule has 3 aromatic heterocycles. The van der Waals surface area contributed by atoms with Crippen molar-refractivity contribution < 1.29 is 35.4 Å². The van der Waals surface area contributed by atoms with Crippen LogP contribution in [0.5, 0.6) is 23.0 Å². The topological polar surface area (TPSA) is 90.9 Å². The van der Waals surface area contributed by atoms with Gasteiger partial charge in [-0.2, -0.15) is 0 Å². The van der Waals surface area contributed by atoms with E-state index in [2.05, 4.69) is 97.1 Å². The molecule has 0 spiro atoms. The summed E-state index contributed by atoms with van der Waals surface area (Å²) in [4.78, 5) is 21.6. The van der Waals surface area contributed by atoms with Gasteiger partial charge in [-0.05, 0) is 145 Å². The van der Waals surface area contributed by atoms with Crippen LogP contribution in [0.4, 0.5) is 0 Å². The maximum absolute atomic E-state index is 5.83. The van der Waals surface area contributed by atoms with Crippen molar-refractivity contribution in [3.63, 3.8) is 0 Å². The minimum Gasteiger partial charge on any atom is -0.657 e. The van der Waals surface area contributed by atoms with Crippen molar-refractivity contribution in [2.75, 3.05) is 26.4 Å². The number of benzene rings is 4. The molecule has 8 bridgehead atoms. The van der Waals surface area contributed by atoms with Gasteiger partial charge in [0.05, 0.1) is 49.2 Å². The average molecular weight is 848 g/mol. The van der Waals surface area contributed by atoms with Gasteiger partial charge in [0.25, 0.3) is 0 Å². The van der Waals surface area contributed by atoms with E-state index in [-0.39, 0.29) is 16.5 Å². The summed E-state index contributed by atoms with van der Waals surface area (Å²) in [6.45, 7) is 10.3. The predicted molar refractivity (Wildman–Crippen MR) is 243 cm³/mol. The number of aromatic nitrogens is 4. The van der Waals surface area contributed by atoms with Crippen molar-refractivity contribution >= 4 is 46.4 Å². The van der Waals surface area contributed by atoms with E-state index >= 15 is 0 Å². The summed E-state index contributed by atoms with van der Waals surface area (Å²) in [6, 6.07) is 40.9. The van der Waals surface area contributed by atoms with E-state index in [1.54, 1.807) is 0 Å². The third kappa shape index (κ3) is 8.35. The maximum Gasteiger partial charge on any atom is 2.00 e. The van der Waals surface area contributed by atoms with Gasteiger partial charge >= 0.3 is 16.5 Å². The van der Waals surface area contributed by atoms with Gasteiger partial charge in [0.2, 0.25) is 0 Å². The number of nitrogens with zero attached hydrogens (tertiary/aromatic N) is 4. The van der Waals surface area contributed by atoms with Gasteiger partial charge in [-0.1, -0.05) is 72.8 Å². The van der Waals surface area contributed by atoms with Crippen LogP contribution in [-0.2, 0) is 16.5 Å². The third-order valence-electron chi connectivity index (χ3n) is 10.4. The first kappa shape index (κ1) is 40.9. The van der Waals surface area contributed by atoms with Crippen molar-refractivity contribution in [3.05, 3.63) is 144 Å². The second kappa shape index (κ2) is 18.2. The predicted octanol–water partition coefficient (Wildman–Crippen LogP) is 12.2. The van der Waals surface area contributed by atoms with Crippen LogP contribution in [-0.4, -0.2) is 36.4 Å². The Labute approximate surface area is 365 Å². The van der Waals surface area contributed by atoms with Crippen LogP contribution >= 0.6 is 0 Å². The average Bonchev–Trinajstić information content (AvgIpc) is 4.12. The maximum atomic E-state index is 5.83. The normalized spacial score (nSPS) is 11.6. The first-order valence-electron chi connectivity index (χ1n) is 20.5. The molecule has 0 saturated heterocycles. The van der Waals surface area contributed by atoms with Crippen LogP contribution in [0.1, 0.15) is 50.5 Å². The van der Waals surface area contributed by atoms with Crippen molar-refractivity contribution in [1.82, 2.24) is 19.9 Å². The molecule has 0 N–H and O–H groups in total. The monoisotopic (exact) mass is 846 g/mol. The van der Waals surface area contributed by atoms with E-state index in [0.717, 1.165) is 112 Å². The minimum absolute atomic E-state index is 0. The molecule has 5 heterocycles. The SMILES string of the molecule is CCOc1ccc(-c2c3nc(c(-c4ccc(OCC)cc4)c4ccc([n-]4)c(-c4ccc(OCC)cc4)c4nc(c(-c5ccc(OCC)cc5)c5ccc2[n-]5)C=C4)C=C3)cc1.[Ni+2]. The molecule has 8 nitrogen and oxygen atoms in total. The molecule has 0 atom stereocenters. The summed E-state index contributed by atoms with van der Waals surface area (Å²) in [5.74, 6) is 3.21. The Morgan fingerprint density at radius 1 is 0.328 bits per heavy atom. The second-order valence-electron chi connectivity index (χ2n) is 14.2. The molecular formula is C52H44N4NiO4. The first-order valence-corrected chi connectivity index (χ1v) is 20.5. The molecule has 2 aliphatic rings. The van der Waals surface area contributed by atoms with E-state index in [1.165, 1.54) is 0 Å². The zero-order valence-electron chi connectivity index (χ0n) is 34.4. The minimum atomic E-state index is 0. The van der Waals surface area contributed by atoms with Crippen molar-refractivity contribution in [2.24, 2.45) is 0 Å². The fourth-order valence-electron chi connectivity index (χ4n) is 7.81. The molecule has 0 aliphatic carbocycles. The molecule has 0 amide bonds. The Bertz CT molecular complexity index is 2510. The molecule has 9 rings (SSSR count). The zero-order chi connectivity index (χ0) is 41.0. The number of rotatable bonds is 12. The van der Waals surface area contributed by atoms with Gasteiger partial charge in [0, 0.05) is 0 Å². The fraction of sp³-hybridized carbons (Fsp3) is 0.154. The smallest absolute Gasteiger partial charge is 0.657 e. The summed E-state index contributed by atoms with van der Waals surface area (Å²) in [5, 5.41) is 0. The Morgan fingerprint density at radius 2 is 0.541 bits per heavy atom. The van der Waals surface area contributed by atoms with E-state index in [4.69, 9.17) is 38.9 Å². The summed E-state index contributed by atoms with van der Waals surface area (Å²) in [5.41, 5.74) is 13.8. The molecule has 2 aliphatic heterocycles. The van der Waals surface area contributed by atoms with Gasteiger partial charge in [-0.25, -0.2) is 9.97 Å². The first-order chi connectivity index (χ1) is 29.5. The van der Waals surface area contributed by atoms with Gasteiger partial charge in [-0.3, -0.25) is 0 Å². The molecule has 306 valence electrons. The quantitative estimate of drug-likeness (QED) is 0.112. The molecule has 0 fully saturated rings. The van der Waals surface area contributed by atoms with E-state index in [1.807, 2.05) is 76.2 Å². The van der Waals surface area contributed by atoms with Gasteiger partial charge in [-0.15, -0.1) is 22.1 Å². The van der Waals surface area contributed by atoms with Crippen LogP contribution in [0, 0.1) is 0 Å². The third-order valence-corrected chi connectivity index (χ3v) is 10.4. The number of hydrogen-bond donors (Lipinski definition) is 0. The molecule has 7 aromatic rings. The molecule has 9 heteroatoms. The summed E-state index contributed by atoms with van der Waals surface area (Å²) >= 11 is 0. The van der Waals surface area contributed by atoms with Crippen molar-refractivity contribution in [2.45, 2.75) is 27.7 Å². The second-order valence-corrected chi connectivity index (χ2v) is 14.2. The largest absolute Gasteiger partial charge is 2.00 e. The Hall–Kier alpha value is -6.83. The van der Waals surface area contributed by atoms with Gasteiger partial charge in [0.15, 0.2) is 0 Å². The molecule has 4 aromatic carbocycles. The number of hydrogen-bond acceptors (Lipinski definition) is 6. The molecule has 0 saturated carbocycles. The fourth-order valence-corrected chi connectivity index (χ4v) is 7.81. The van der Waals surface area contributed by atoms with Gasteiger partial charge in [0.1, 0.15) is 23.0 Å². The van der Waals surface area contributed by atoms with Crippen LogP contribution < -0.4 is 28.9 Å². The molecule has 61 heavy (non-hydrogen) atoms. The number of ether oxygens (including phenoxy) is 4. The molecule has 0 unspecified atom stereocenters. The Morgan fingerprint density at radius 3 is 0.738 bits per heavy atom.